The minimum absolute atomic E-state index is 0.189. The summed E-state index contributed by atoms with van der Waals surface area (Å²) in [6.07, 6.45) is 0.392. The number of ether oxygens (including phenoxy) is 3. The first-order chi connectivity index (χ1) is 17.6. The van der Waals surface area contributed by atoms with Crippen molar-refractivity contribution in [1.82, 2.24) is 5.32 Å². The first-order valence-electron chi connectivity index (χ1n) is 11.8. The molecule has 4 aromatic rings. The van der Waals surface area contributed by atoms with Gasteiger partial charge in [-0.2, -0.15) is 0 Å². The molecule has 0 spiro atoms. The molecule has 6 heteroatoms. The van der Waals surface area contributed by atoms with Gasteiger partial charge in [0.15, 0.2) is 11.5 Å². The van der Waals surface area contributed by atoms with Crippen molar-refractivity contribution >= 4 is 21.9 Å². The predicted molar refractivity (Wildman–Crippen MR) is 141 cm³/mol. The molecule has 1 heterocycles. The topological polar surface area (TPSA) is 56.8 Å². The molecule has 1 N–H and O–H groups in total. The highest BCUT2D eigenvalue weighted by Gasteiger charge is 2.46. The van der Waals surface area contributed by atoms with Gasteiger partial charge in [0, 0.05) is 4.47 Å². The second-order valence-corrected chi connectivity index (χ2v) is 9.78. The van der Waals surface area contributed by atoms with Crippen molar-refractivity contribution in [3.05, 3.63) is 118 Å². The molecule has 0 radical (unpaired) electrons. The van der Waals surface area contributed by atoms with Crippen LogP contribution in [-0.4, -0.2) is 25.9 Å². The van der Waals surface area contributed by atoms with Gasteiger partial charge in [-0.15, -0.1) is 0 Å². The zero-order chi connectivity index (χ0) is 24.7. The van der Waals surface area contributed by atoms with Crippen LogP contribution in [0.1, 0.15) is 22.3 Å². The molecule has 0 fully saturated rings. The summed E-state index contributed by atoms with van der Waals surface area (Å²) in [6.45, 7) is 0.189. The van der Waals surface area contributed by atoms with Crippen molar-refractivity contribution < 1.29 is 19.0 Å². The van der Waals surface area contributed by atoms with Gasteiger partial charge in [0.05, 0.1) is 12.6 Å². The lowest BCUT2D eigenvalue weighted by Crippen LogP contribution is -2.52. The SMILES string of the molecule is COC(=O)C(Cc1cc2c(cc1Br)OCO2)NC1(c2ccccc2)c2ccccc2-c2ccccc21. The summed E-state index contributed by atoms with van der Waals surface area (Å²) in [5.74, 6) is 1.02. The van der Waals surface area contributed by atoms with E-state index in [0.717, 1.165) is 37.9 Å². The average molecular weight is 542 g/mol. The van der Waals surface area contributed by atoms with E-state index in [1.165, 1.54) is 7.11 Å². The maximum atomic E-state index is 13.3. The van der Waals surface area contributed by atoms with Crippen molar-refractivity contribution in [2.24, 2.45) is 0 Å². The van der Waals surface area contributed by atoms with Gasteiger partial charge in [0.2, 0.25) is 6.79 Å². The number of benzene rings is 4. The Kier molecular flexibility index (Phi) is 5.78. The number of methoxy groups -OCH3 is 1. The van der Waals surface area contributed by atoms with Crippen LogP contribution >= 0.6 is 15.9 Å². The minimum Gasteiger partial charge on any atom is -0.468 e. The smallest absolute Gasteiger partial charge is 0.323 e. The Morgan fingerprint density at radius 3 is 2.14 bits per heavy atom. The number of rotatable bonds is 6. The second kappa shape index (κ2) is 9.12. The number of hydrogen-bond acceptors (Lipinski definition) is 5. The van der Waals surface area contributed by atoms with Gasteiger partial charge in [0.1, 0.15) is 6.04 Å². The summed E-state index contributed by atoms with van der Waals surface area (Å²) in [4.78, 5) is 13.3. The van der Waals surface area contributed by atoms with Crippen LogP contribution in [0.15, 0.2) is 95.5 Å². The third-order valence-corrected chi connectivity index (χ3v) is 7.74. The van der Waals surface area contributed by atoms with Crippen LogP contribution in [0.5, 0.6) is 11.5 Å². The number of hydrogen-bond donors (Lipinski definition) is 1. The zero-order valence-corrected chi connectivity index (χ0v) is 21.2. The van der Waals surface area contributed by atoms with E-state index in [0.29, 0.717) is 17.9 Å². The lowest BCUT2D eigenvalue weighted by atomic mass is 9.79. The number of carbonyl (C=O) groups excluding carboxylic acids is 1. The minimum atomic E-state index is -0.740. The second-order valence-electron chi connectivity index (χ2n) is 8.93. The number of fused-ring (bicyclic) bond motifs is 4. The maximum absolute atomic E-state index is 13.3. The molecule has 6 rings (SSSR count). The fourth-order valence-electron chi connectivity index (χ4n) is 5.41. The van der Waals surface area contributed by atoms with E-state index in [2.05, 4.69) is 69.8 Å². The van der Waals surface area contributed by atoms with Gasteiger partial charge >= 0.3 is 5.97 Å². The van der Waals surface area contributed by atoms with Gasteiger partial charge in [-0.25, -0.2) is 0 Å². The van der Waals surface area contributed by atoms with Crippen molar-refractivity contribution in [2.75, 3.05) is 13.9 Å². The summed E-state index contributed by atoms with van der Waals surface area (Å²) in [6, 6.07) is 30.2. The molecule has 1 atom stereocenters. The molecule has 0 bridgehead atoms. The Labute approximate surface area is 218 Å². The van der Waals surface area contributed by atoms with Gasteiger partial charge in [-0.1, -0.05) is 94.8 Å². The third-order valence-electron chi connectivity index (χ3n) is 7.00. The standard InChI is InChI=1S/C30H24BrNO4/c1-34-29(33)26(15-19-16-27-28(17-25(19)31)36-18-35-27)32-30(20-9-3-2-4-10-20)23-13-7-5-11-21(23)22-12-6-8-14-24(22)30/h2-14,16-17,26,32H,15,18H2,1H3. The van der Waals surface area contributed by atoms with Crippen LogP contribution in [0.25, 0.3) is 11.1 Å². The Morgan fingerprint density at radius 1 is 0.917 bits per heavy atom. The number of halogens is 1. The van der Waals surface area contributed by atoms with Crippen LogP contribution in [0.4, 0.5) is 0 Å². The molecule has 0 saturated carbocycles. The van der Waals surface area contributed by atoms with Gasteiger partial charge in [-0.05, 0) is 51.9 Å². The van der Waals surface area contributed by atoms with Crippen LogP contribution in [0.3, 0.4) is 0 Å². The van der Waals surface area contributed by atoms with Crippen LogP contribution < -0.4 is 14.8 Å². The number of esters is 1. The molecule has 0 aromatic heterocycles. The molecule has 1 unspecified atom stereocenters. The highest BCUT2D eigenvalue weighted by atomic mass is 79.9. The summed E-state index contributed by atoms with van der Waals surface area (Å²) < 4.78 is 17.3. The van der Waals surface area contributed by atoms with Crippen LogP contribution in [-0.2, 0) is 21.5 Å². The lowest BCUT2D eigenvalue weighted by molar-refractivity contribution is -0.143. The highest BCUT2D eigenvalue weighted by molar-refractivity contribution is 9.10. The first-order valence-corrected chi connectivity index (χ1v) is 12.6. The molecule has 4 aromatic carbocycles. The van der Waals surface area contributed by atoms with Gasteiger partial charge < -0.3 is 14.2 Å². The molecule has 5 nitrogen and oxygen atoms in total. The van der Waals surface area contributed by atoms with E-state index in [9.17, 15) is 4.79 Å². The Balaban J connectivity index is 1.51. The lowest BCUT2D eigenvalue weighted by Gasteiger charge is -2.37. The molecule has 1 aliphatic carbocycles. The van der Waals surface area contributed by atoms with E-state index in [4.69, 9.17) is 14.2 Å². The summed E-state index contributed by atoms with van der Waals surface area (Å²) in [7, 11) is 1.43. The molecule has 0 amide bonds. The number of nitrogens with one attached hydrogen (secondary N) is 1. The molecular weight excluding hydrogens is 518 g/mol. The van der Waals surface area contributed by atoms with Crippen molar-refractivity contribution in [1.29, 1.82) is 0 Å². The van der Waals surface area contributed by atoms with E-state index < -0.39 is 11.6 Å². The van der Waals surface area contributed by atoms with Gasteiger partial charge in [-0.3, -0.25) is 10.1 Å². The predicted octanol–water partition coefficient (Wildman–Crippen LogP) is 5.82. The largest absolute Gasteiger partial charge is 0.468 e. The summed E-state index contributed by atoms with van der Waals surface area (Å²) in [5, 5.41) is 3.78. The Morgan fingerprint density at radius 2 is 1.50 bits per heavy atom. The normalized spacial score (nSPS) is 15.2. The van der Waals surface area contributed by atoms with E-state index >= 15 is 0 Å². The third kappa shape index (κ3) is 3.60. The van der Waals surface area contributed by atoms with Crippen molar-refractivity contribution in [3.63, 3.8) is 0 Å². The Bertz CT molecular complexity index is 1410. The molecule has 2 aliphatic rings. The molecule has 180 valence electrons. The molecule has 1 aliphatic heterocycles. The maximum Gasteiger partial charge on any atom is 0.323 e. The monoisotopic (exact) mass is 541 g/mol. The van der Waals surface area contributed by atoms with Crippen LogP contribution in [0, 0.1) is 0 Å². The average Bonchev–Trinajstić information content (AvgIpc) is 3.49. The Hall–Kier alpha value is -3.61. The van der Waals surface area contributed by atoms with Gasteiger partial charge in [0.25, 0.3) is 0 Å². The summed E-state index contributed by atoms with van der Waals surface area (Å²) >= 11 is 3.66. The molecule has 36 heavy (non-hydrogen) atoms. The summed E-state index contributed by atoms with van der Waals surface area (Å²) in [5.41, 5.74) is 5.75. The van der Waals surface area contributed by atoms with E-state index in [1.807, 2.05) is 42.5 Å². The zero-order valence-electron chi connectivity index (χ0n) is 19.7. The highest BCUT2D eigenvalue weighted by Crippen LogP contribution is 2.51. The van der Waals surface area contributed by atoms with Crippen molar-refractivity contribution in [2.45, 2.75) is 18.0 Å². The fourth-order valence-corrected chi connectivity index (χ4v) is 5.89. The first kappa shape index (κ1) is 22.8. The molecule has 0 saturated heterocycles. The fraction of sp³-hybridized carbons (Fsp3) is 0.167. The van der Waals surface area contributed by atoms with E-state index in [1.54, 1.807) is 0 Å². The quantitative estimate of drug-likeness (QED) is 0.311. The molecular formula is C30H24BrNO4. The van der Waals surface area contributed by atoms with Crippen molar-refractivity contribution in [3.8, 4) is 22.6 Å². The number of carbonyl (C=O) groups is 1. The van der Waals surface area contributed by atoms with E-state index in [-0.39, 0.29) is 12.8 Å². The van der Waals surface area contributed by atoms with Crippen LogP contribution in [0.2, 0.25) is 0 Å².